The maximum atomic E-state index is 14.5. The average molecular weight is 489 g/mol. The Morgan fingerprint density at radius 3 is 2.53 bits per heavy atom. The number of carbonyl (C=O) groups excluding carboxylic acids is 2. The van der Waals surface area contributed by atoms with E-state index in [4.69, 9.17) is 10.5 Å². The fourth-order valence-electron chi connectivity index (χ4n) is 3.27. The summed E-state index contributed by atoms with van der Waals surface area (Å²) in [5.41, 5.74) is 6.31. The van der Waals surface area contributed by atoms with E-state index in [0.717, 1.165) is 17.0 Å². The molecule has 0 bridgehead atoms. The number of rotatable bonds is 7. The average Bonchev–Trinajstić information content (AvgIpc) is 3.07. The highest BCUT2D eigenvalue weighted by atomic mass is 19.4. The number of hydrogen-bond donors (Lipinski definition) is 1. The van der Waals surface area contributed by atoms with Gasteiger partial charge >= 0.3 is 12.3 Å². The molecule has 34 heavy (non-hydrogen) atoms. The zero-order valence-corrected chi connectivity index (χ0v) is 17.8. The van der Waals surface area contributed by atoms with E-state index in [1.54, 1.807) is 0 Å². The van der Waals surface area contributed by atoms with Crippen molar-refractivity contribution in [3.05, 3.63) is 53.2 Å². The number of nitrogen functional groups attached to an aromatic ring is 1. The van der Waals surface area contributed by atoms with Gasteiger partial charge in [0.15, 0.2) is 0 Å². The number of esters is 1. The molecule has 1 unspecified atom stereocenters. The molecule has 1 saturated heterocycles. The summed E-state index contributed by atoms with van der Waals surface area (Å²) in [4.78, 5) is 28.8. The zero-order chi connectivity index (χ0) is 25.1. The van der Waals surface area contributed by atoms with Gasteiger partial charge in [0.25, 0.3) is 5.92 Å². The van der Waals surface area contributed by atoms with E-state index in [2.05, 4.69) is 14.5 Å². The van der Waals surface area contributed by atoms with Crippen LogP contribution in [0, 0.1) is 0 Å². The summed E-state index contributed by atoms with van der Waals surface area (Å²) in [5.74, 6) is -5.17. The van der Waals surface area contributed by atoms with Crippen LogP contribution < -0.4 is 10.5 Å². The molecule has 1 amide bonds. The van der Waals surface area contributed by atoms with Crippen LogP contribution in [0.1, 0.15) is 21.5 Å². The smallest absolute Gasteiger partial charge is 0.465 e. The third-order valence-corrected chi connectivity index (χ3v) is 4.99. The van der Waals surface area contributed by atoms with Gasteiger partial charge in [0, 0.05) is 11.8 Å². The van der Waals surface area contributed by atoms with E-state index in [9.17, 15) is 31.5 Å². The normalized spacial score (nSPS) is 17.5. The summed E-state index contributed by atoms with van der Waals surface area (Å²) in [6, 6.07) is 5.86. The Kier molecular flexibility index (Phi) is 7.24. The number of nitrogens with two attached hydrogens (primary N) is 1. The molecule has 1 atom stereocenters. The van der Waals surface area contributed by atoms with Gasteiger partial charge in [-0.25, -0.2) is 18.6 Å². The Balaban J connectivity index is 1.60. The molecule has 184 valence electrons. The molecule has 13 heteroatoms. The predicted octanol–water partition coefficient (Wildman–Crippen LogP) is 2.95. The van der Waals surface area contributed by atoms with Crippen molar-refractivity contribution in [2.45, 2.75) is 31.4 Å². The molecule has 0 aliphatic carbocycles. The molecule has 2 heterocycles. The van der Waals surface area contributed by atoms with Crippen LogP contribution in [0.4, 0.5) is 27.8 Å². The number of halogens is 5. The highest BCUT2D eigenvalue weighted by Crippen LogP contribution is 2.32. The van der Waals surface area contributed by atoms with E-state index in [0.29, 0.717) is 5.56 Å². The molecule has 2 aromatic rings. The van der Waals surface area contributed by atoms with Gasteiger partial charge in [-0.3, -0.25) is 4.79 Å². The monoisotopic (exact) mass is 489 g/mol. The van der Waals surface area contributed by atoms with Gasteiger partial charge in [0.1, 0.15) is 17.7 Å². The van der Waals surface area contributed by atoms with Crippen LogP contribution in [0.5, 0.6) is 5.75 Å². The highest BCUT2D eigenvalue weighted by molar-refractivity contribution is 5.89. The van der Waals surface area contributed by atoms with Crippen LogP contribution in [0.2, 0.25) is 0 Å². The summed E-state index contributed by atoms with van der Waals surface area (Å²) in [6.45, 7) is -1.68. The summed E-state index contributed by atoms with van der Waals surface area (Å²) in [5, 5.41) is 0. The number of amides is 1. The van der Waals surface area contributed by atoms with Crippen molar-refractivity contribution in [3.8, 4) is 5.75 Å². The van der Waals surface area contributed by atoms with Crippen LogP contribution in [0.25, 0.3) is 0 Å². The first-order valence-electron chi connectivity index (χ1n) is 9.82. The summed E-state index contributed by atoms with van der Waals surface area (Å²) >= 11 is 0. The minimum atomic E-state index is -4.85. The van der Waals surface area contributed by atoms with E-state index in [-0.39, 0.29) is 30.0 Å². The third-order valence-electron chi connectivity index (χ3n) is 4.99. The van der Waals surface area contributed by atoms with Crippen LogP contribution in [0.3, 0.4) is 0 Å². The fourth-order valence-corrected chi connectivity index (χ4v) is 3.27. The lowest BCUT2D eigenvalue weighted by molar-refractivity contribution is -0.274. The molecule has 1 aliphatic rings. The molecule has 1 aromatic carbocycles. The van der Waals surface area contributed by atoms with Gasteiger partial charge in [0.2, 0.25) is 5.91 Å². The molecular formula is C21H20F5N3O5. The number of pyridine rings is 1. The summed E-state index contributed by atoms with van der Waals surface area (Å²) in [6.07, 6.45) is -5.61. The molecule has 0 spiro atoms. The molecule has 0 saturated carbocycles. The van der Waals surface area contributed by atoms with E-state index < -0.39 is 49.1 Å². The van der Waals surface area contributed by atoms with E-state index in [1.807, 2.05) is 0 Å². The molecular weight excluding hydrogens is 469 g/mol. The van der Waals surface area contributed by atoms with Gasteiger partial charge in [-0.2, -0.15) is 0 Å². The lowest BCUT2D eigenvalue weighted by Crippen LogP contribution is -2.34. The van der Waals surface area contributed by atoms with Gasteiger partial charge in [-0.1, -0.05) is 12.1 Å². The first kappa shape index (κ1) is 25.1. The van der Waals surface area contributed by atoms with E-state index in [1.165, 1.54) is 31.5 Å². The minimum absolute atomic E-state index is 0.0140. The fraction of sp³-hybridized carbons (Fsp3) is 0.381. The molecule has 1 aromatic heterocycles. The van der Waals surface area contributed by atoms with Crippen LogP contribution in [-0.4, -0.2) is 60.3 Å². The van der Waals surface area contributed by atoms with Crippen molar-refractivity contribution in [2.24, 2.45) is 0 Å². The minimum Gasteiger partial charge on any atom is -0.465 e. The lowest BCUT2D eigenvalue weighted by atomic mass is 10.1. The van der Waals surface area contributed by atoms with Crippen LogP contribution in [-0.2, 0) is 27.3 Å². The number of alkyl halides is 5. The highest BCUT2D eigenvalue weighted by Gasteiger charge is 2.50. The second-order valence-corrected chi connectivity index (χ2v) is 7.46. The Labute approximate surface area is 190 Å². The van der Waals surface area contributed by atoms with Crippen molar-refractivity contribution in [1.82, 2.24) is 9.88 Å². The number of nitrogens with zero attached hydrogens (tertiary/aromatic N) is 2. The first-order valence-corrected chi connectivity index (χ1v) is 9.82. The van der Waals surface area contributed by atoms with Crippen molar-refractivity contribution in [3.63, 3.8) is 0 Å². The second kappa shape index (κ2) is 9.79. The zero-order valence-electron chi connectivity index (χ0n) is 17.8. The van der Waals surface area contributed by atoms with Gasteiger partial charge < -0.3 is 24.8 Å². The maximum Gasteiger partial charge on any atom is 0.573 e. The number of methoxy groups -OCH3 is 1. The summed E-state index contributed by atoms with van der Waals surface area (Å²) in [7, 11) is 1.17. The van der Waals surface area contributed by atoms with Crippen molar-refractivity contribution < 1.29 is 45.8 Å². The predicted molar refractivity (Wildman–Crippen MR) is 107 cm³/mol. The first-order chi connectivity index (χ1) is 15.9. The van der Waals surface area contributed by atoms with Crippen molar-refractivity contribution >= 4 is 17.7 Å². The Bertz CT molecular complexity index is 1050. The van der Waals surface area contributed by atoms with Gasteiger partial charge in [-0.15, -0.1) is 13.2 Å². The van der Waals surface area contributed by atoms with Crippen molar-refractivity contribution in [2.75, 3.05) is 25.9 Å². The number of hydrogen-bond acceptors (Lipinski definition) is 7. The quantitative estimate of drug-likeness (QED) is 0.471. The Morgan fingerprint density at radius 1 is 1.24 bits per heavy atom. The number of likely N-dealkylation sites (tertiary alicyclic amines) is 1. The van der Waals surface area contributed by atoms with Crippen LogP contribution in [0.15, 0.2) is 36.5 Å². The third kappa shape index (κ3) is 6.31. The molecule has 3 rings (SSSR count). The van der Waals surface area contributed by atoms with Crippen LogP contribution >= 0.6 is 0 Å². The number of aromatic nitrogens is 1. The Hall–Kier alpha value is -3.48. The molecule has 1 aliphatic heterocycles. The molecule has 1 fully saturated rings. The van der Waals surface area contributed by atoms with Crippen molar-refractivity contribution in [1.29, 1.82) is 0 Å². The summed E-state index contributed by atoms with van der Waals surface area (Å²) < 4.78 is 79.3. The maximum absolute atomic E-state index is 14.5. The molecule has 0 radical (unpaired) electrons. The number of ether oxygens (including phenoxy) is 3. The van der Waals surface area contributed by atoms with E-state index >= 15 is 0 Å². The molecule has 2 N–H and O–H groups in total. The standard InChI is InChI=1S/C21H20F5N3O5/c1-32-19(31)13-7-14(18(27)28-8-13)10-33-16-9-29(11-20(16,22)23)17(30)6-12-2-4-15(5-3-12)34-21(24,25)26/h2-5,7-8,16H,6,9-11H2,1H3,(H2,27,28). The molecule has 8 nitrogen and oxygen atoms in total. The number of carbonyl (C=O) groups is 2. The van der Waals surface area contributed by atoms with Gasteiger partial charge in [0.05, 0.1) is 38.8 Å². The topological polar surface area (TPSA) is 104 Å². The lowest BCUT2D eigenvalue weighted by Gasteiger charge is -2.18. The number of benzene rings is 1. The van der Waals surface area contributed by atoms with Gasteiger partial charge in [-0.05, 0) is 23.8 Å². The SMILES string of the molecule is COC(=O)c1cnc(N)c(COC2CN(C(=O)Cc3ccc(OC(F)(F)F)cc3)CC2(F)F)c1. The Morgan fingerprint density at radius 2 is 1.91 bits per heavy atom. The largest absolute Gasteiger partial charge is 0.573 e. The second-order valence-electron chi connectivity index (χ2n) is 7.46. The number of anilines is 1.